The Labute approximate surface area is 352 Å². The maximum absolute atomic E-state index is 15.4. The Hall–Kier alpha value is -3.19. The van der Waals surface area contributed by atoms with Crippen molar-refractivity contribution in [3.8, 4) is 5.75 Å². The standard InChI is InChI=1S/C41H62FN4O12PS/c1-9-55-59(49,56-10-2)25-54-30-13-11-28(12-14-30)17-29(18-37(48)57-36-23-53-39-38(36)33(22-52-39)43-20-26(3)4)34(47)21-46(24-41(7,8)42)60(50,51)31-15-16-32-35(19-31)58-40(45-32)44-27(5)6/h11-16,19,26-27,29,33-34,36,38-39,43,47H,9-10,17-18,20-25H2,1-8H3,(H,44,45)/t29-,33+,34-,36+,38+,39-/m1/s1. The number of sulfonamides is 1. The van der Waals surface area contributed by atoms with Crippen LogP contribution < -0.4 is 15.4 Å². The molecular formula is C41H62FN4O12PS. The Morgan fingerprint density at radius 2 is 1.75 bits per heavy atom. The van der Waals surface area contributed by atoms with Crippen molar-refractivity contribution in [3.05, 3.63) is 48.0 Å². The van der Waals surface area contributed by atoms with Crippen LogP contribution >= 0.6 is 7.60 Å². The third kappa shape index (κ3) is 13.2. The molecule has 60 heavy (non-hydrogen) atoms. The van der Waals surface area contributed by atoms with Gasteiger partial charge < -0.3 is 48.2 Å². The summed E-state index contributed by atoms with van der Waals surface area (Å²) >= 11 is 0. The molecule has 2 saturated heterocycles. The van der Waals surface area contributed by atoms with Crippen molar-refractivity contribution >= 4 is 40.7 Å². The highest BCUT2D eigenvalue weighted by Crippen LogP contribution is 2.48. The fourth-order valence-electron chi connectivity index (χ4n) is 7.21. The van der Waals surface area contributed by atoms with E-state index in [1.54, 1.807) is 38.1 Å². The molecule has 336 valence electrons. The minimum atomic E-state index is -4.44. The molecule has 19 heteroatoms. The molecule has 0 aliphatic carbocycles. The first kappa shape index (κ1) is 47.9. The number of alkyl halides is 1. The molecule has 0 radical (unpaired) electrons. The highest BCUT2D eigenvalue weighted by Gasteiger charge is 2.50. The molecule has 2 aromatic carbocycles. The van der Waals surface area contributed by atoms with Gasteiger partial charge in [-0.15, -0.1) is 0 Å². The summed E-state index contributed by atoms with van der Waals surface area (Å²) in [6.45, 7) is 14.4. The van der Waals surface area contributed by atoms with E-state index in [2.05, 4.69) is 29.5 Å². The van der Waals surface area contributed by atoms with Gasteiger partial charge in [-0.3, -0.25) is 9.36 Å². The maximum atomic E-state index is 15.4. The summed E-state index contributed by atoms with van der Waals surface area (Å²) in [6.07, 6.45) is -3.10. The van der Waals surface area contributed by atoms with Crippen LogP contribution in [-0.4, -0.2) is 117 Å². The van der Waals surface area contributed by atoms with Gasteiger partial charge in [0, 0.05) is 37.2 Å². The van der Waals surface area contributed by atoms with E-state index >= 15 is 4.39 Å². The van der Waals surface area contributed by atoms with Crippen molar-refractivity contribution in [3.63, 3.8) is 0 Å². The number of nitrogens with zero attached hydrogens (tertiary/aromatic N) is 2. The van der Waals surface area contributed by atoms with E-state index in [-0.39, 0.29) is 73.5 Å². The van der Waals surface area contributed by atoms with Crippen LogP contribution in [0.1, 0.15) is 67.4 Å². The highest BCUT2D eigenvalue weighted by atomic mass is 32.2. The fraction of sp³-hybridized carbons (Fsp3) is 0.659. The third-order valence-corrected chi connectivity index (χ3v) is 13.5. The zero-order chi connectivity index (χ0) is 43.8. The first-order valence-corrected chi connectivity index (χ1v) is 23.8. The van der Waals surface area contributed by atoms with Gasteiger partial charge in [0.15, 0.2) is 18.2 Å². The fourth-order valence-corrected chi connectivity index (χ4v) is 10.1. The highest BCUT2D eigenvalue weighted by molar-refractivity contribution is 7.89. The van der Waals surface area contributed by atoms with Crippen LogP contribution in [0.15, 0.2) is 51.8 Å². The minimum Gasteiger partial charge on any atom is -0.481 e. The molecule has 2 aliphatic rings. The minimum absolute atomic E-state index is 0.0110. The molecule has 0 unspecified atom stereocenters. The van der Waals surface area contributed by atoms with Crippen LogP contribution in [0.5, 0.6) is 5.75 Å². The smallest absolute Gasteiger partial charge is 0.367 e. The number of aliphatic hydroxyl groups is 1. The number of hydrogen-bond donors (Lipinski definition) is 3. The number of aliphatic hydroxyl groups excluding tert-OH is 1. The van der Waals surface area contributed by atoms with E-state index in [1.807, 2.05) is 13.8 Å². The first-order valence-electron chi connectivity index (χ1n) is 20.6. The number of oxazole rings is 1. The Bertz CT molecular complexity index is 2000. The van der Waals surface area contributed by atoms with Crippen molar-refractivity contribution in [2.24, 2.45) is 17.8 Å². The maximum Gasteiger partial charge on any atom is 0.367 e. The van der Waals surface area contributed by atoms with Gasteiger partial charge in [-0.1, -0.05) is 26.0 Å². The molecule has 0 spiro atoms. The number of carbonyl (C=O) groups excluding carboxylic acids is 1. The second-order valence-electron chi connectivity index (χ2n) is 16.6. The quantitative estimate of drug-likeness (QED) is 0.0686. The van der Waals surface area contributed by atoms with Crippen molar-refractivity contribution in [2.75, 3.05) is 57.7 Å². The van der Waals surface area contributed by atoms with Crippen LogP contribution in [-0.2, 0) is 49.1 Å². The van der Waals surface area contributed by atoms with E-state index < -0.39 is 66.8 Å². The molecule has 0 bridgehead atoms. The largest absolute Gasteiger partial charge is 0.481 e. The van der Waals surface area contributed by atoms with Crippen molar-refractivity contribution in [1.82, 2.24) is 14.6 Å². The number of fused-ring (bicyclic) bond motifs is 2. The van der Waals surface area contributed by atoms with E-state index in [0.29, 0.717) is 29.4 Å². The van der Waals surface area contributed by atoms with Crippen LogP contribution in [0.4, 0.5) is 10.4 Å². The van der Waals surface area contributed by atoms with Crippen molar-refractivity contribution in [1.29, 1.82) is 0 Å². The monoisotopic (exact) mass is 884 g/mol. The lowest BCUT2D eigenvalue weighted by atomic mass is 9.90. The molecule has 2 fully saturated rings. The number of rotatable bonds is 24. The van der Waals surface area contributed by atoms with Crippen molar-refractivity contribution < 1.29 is 59.7 Å². The van der Waals surface area contributed by atoms with Gasteiger partial charge >= 0.3 is 13.6 Å². The zero-order valence-electron chi connectivity index (χ0n) is 35.8. The number of carbonyl (C=O) groups is 1. The first-order chi connectivity index (χ1) is 28.3. The van der Waals surface area contributed by atoms with E-state index in [9.17, 15) is 22.9 Å². The molecule has 3 aromatic rings. The lowest BCUT2D eigenvalue weighted by Gasteiger charge is -2.32. The number of esters is 1. The van der Waals surface area contributed by atoms with E-state index in [4.69, 9.17) is 32.4 Å². The van der Waals surface area contributed by atoms with E-state index in [0.717, 1.165) is 10.8 Å². The van der Waals surface area contributed by atoms with Crippen LogP contribution in [0.2, 0.25) is 0 Å². The van der Waals surface area contributed by atoms with Crippen LogP contribution in [0.25, 0.3) is 11.1 Å². The predicted octanol–water partition coefficient (Wildman–Crippen LogP) is 6.13. The molecule has 5 rings (SSSR count). The SMILES string of the molecule is CCOP(=O)(COc1ccc(C[C@H](CC(=O)O[C@H]2CO[C@H]3OC[C@H](NCC(C)C)[C@H]32)[C@H](O)CN(CC(C)(C)F)S(=O)(=O)c2ccc3nc(NC(C)C)oc3c2)cc1)OCC. The summed E-state index contributed by atoms with van der Waals surface area (Å²) < 4.78 is 97.6. The Balaban J connectivity index is 1.38. The Morgan fingerprint density at radius 1 is 1.07 bits per heavy atom. The summed E-state index contributed by atoms with van der Waals surface area (Å²) in [5, 5.41) is 18.5. The van der Waals surface area contributed by atoms with Gasteiger partial charge in [-0.2, -0.15) is 9.29 Å². The van der Waals surface area contributed by atoms with Gasteiger partial charge in [0.05, 0.1) is 49.8 Å². The van der Waals surface area contributed by atoms with Crippen LogP contribution in [0.3, 0.4) is 0 Å². The number of hydrogen-bond acceptors (Lipinski definition) is 15. The van der Waals surface area contributed by atoms with Gasteiger partial charge in [-0.25, -0.2) is 12.8 Å². The van der Waals surface area contributed by atoms with Gasteiger partial charge in [-0.05, 0) is 90.3 Å². The average Bonchev–Trinajstić information content (AvgIpc) is 3.88. The molecule has 3 heterocycles. The lowest BCUT2D eigenvalue weighted by molar-refractivity contribution is -0.153. The second-order valence-corrected chi connectivity index (χ2v) is 20.5. The summed E-state index contributed by atoms with van der Waals surface area (Å²) in [5.74, 6) is -0.986. The second kappa shape index (κ2) is 20.8. The summed E-state index contributed by atoms with van der Waals surface area (Å²) in [5.41, 5.74) is -0.700. The normalized spacial score (nSPS) is 20.9. The number of anilines is 1. The Morgan fingerprint density at radius 3 is 2.38 bits per heavy atom. The molecule has 6 atom stereocenters. The van der Waals surface area contributed by atoms with Crippen LogP contribution in [0, 0.1) is 17.8 Å². The predicted molar refractivity (Wildman–Crippen MR) is 223 cm³/mol. The average molecular weight is 885 g/mol. The number of aromatic nitrogens is 1. The van der Waals surface area contributed by atoms with Gasteiger partial charge in [0.25, 0.3) is 6.01 Å². The van der Waals surface area contributed by atoms with E-state index in [1.165, 1.54) is 32.0 Å². The van der Waals surface area contributed by atoms with Gasteiger partial charge in [0.1, 0.15) is 23.0 Å². The topological polar surface area (TPSA) is 197 Å². The van der Waals surface area contributed by atoms with Gasteiger partial charge in [0.2, 0.25) is 10.0 Å². The Kier molecular flexibility index (Phi) is 16.6. The number of benzene rings is 2. The molecule has 0 saturated carbocycles. The molecule has 1 aromatic heterocycles. The molecule has 16 nitrogen and oxygen atoms in total. The summed E-state index contributed by atoms with van der Waals surface area (Å²) in [7, 11) is -7.92. The summed E-state index contributed by atoms with van der Waals surface area (Å²) in [6, 6.07) is 11.0. The zero-order valence-corrected chi connectivity index (χ0v) is 37.5. The lowest BCUT2D eigenvalue weighted by Crippen LogP contribution is -2.46. The molecular weight excluding hydrogens is 823 g/mol. The number of halogens is 1. The molecule has 2 aliphatic heterocycles. The molecule has 3 N–H and O–H groups in total. The number of nitrogens with one attached hydrogen (secondary N) is 2. The van der Waals surface area contributed by atoms with Crippen molar-refractivity contribution in [2.45, 2.75) is 109 Å². The molecule has 0 amide bonds. The summed E-state index contributed by atoms with van der Waals surface area (Å²) in [4.78, 5) is 18.0. The number of ether oxygens (including phenoxy) is 4. The third-order valence-electron chi connectivity index (χ3n) is 9.93.